The average Bonchev–Trinajstić information content (AvgIpc) is 2.27. The highest BCUT2D eigenvalue weighted by Gasteiger charge is 2.30. The number of hydrogen-bond acceptors (Lipinski definition) is 1. The van der Waals surface area contributed by atoms with Crippen molar-refractivity contribution >= 4 is 5.91 Å². The van der Waals surface area contributed by atoms with Crippen LogP contribution in [0.25, 0.3) is 0 Å². The Kier molecular flexibility index (Phi) is 3.32. The standard InChI is InChI=1S/C15H19NO/c1-4-15(17)16-9-14(10-16)13-7-5-12(6-8-13)11(2)3/h4-8,11,14H,1,9-10H2,2-3H3. The van der Waals surface area contributed by atoms with E-state index in [-0.39, 0.29) is 5.91 Å². The van der Waals surface area contributed by atoms with Crippen LogP contribution in [0.3, 0.4) is 0 Å². The zero-order chi connectivity index (χ0) is 12.4. The predicted molar refractivity (Wildman–Crippen MR) is 70.0 cm³/mol. The van der Waals surface area contributed by atoms with E-state index in [0.717, 1.165) is 13.1 Å². The van der Waals surface area contributed by atoms with Gasteiger partial charge in [0.25, 0.3) is 0 Å². The molecule has 1 aliphatic rings. The van der Waals surface area contributed by atoms with Gasteiger partial charge in [0, 0.05) is 19.0 Å². The van der Waals surface area contributed by atoms with Crippen LogP contribution in [0.2, 0.25) is 0 Å². The molecular weight excluding hydrogens is 210 g/mol. The first kappa shape index (κ1) is 11.9. The van der Waals surface area contributed by atoms with Gasteiger partial charge in [-0.2, -0.15) is 0 Å². The predicted octanol–water partition coefficient (Wildman–Crippen LogP) is 2.92. The molecule has 0 bridgehead atoms. The van der Waals surface area contributed by atoms with Crippen LogP contribution in [-0.4, -0.2) is 23.9 Å². The molecule has 0 N–H and O–H groups in total. The molecule has 1 saturated heterocycles. The van der Waals surface area contributed by atoms with Crippen molar-refractivity contribution in [2.75, 3.05) is 13.1 Å². The van der Waals surface area contributed by atoms with Crippen molar-refractivity contribution in [2.24, 2.45) is 0 Å². The lowest BCUT2D eigenvalue weighted by atomic mass is 9.89. The minimum absolute atomic E-state index is 0.0417. The first-order valence-electron chi connectivity index (χ1n) is 6.13. The van der Waals surface area contributed by atoms with Gasteiger partial charge in [0.1, 0.15) is 0 Å². The molecule has 1 fully saturated rings. The van der Waals surface area contributed by atoms with Gasteiger partial charge in [0.05, 0.1) is 0 Å². The van der Waals surface area contributed by atoms with Crippen LogP contribution in [0, 0.1) is 0 Å². The van der Waals surface area contributed by atoms with Gasteiger partial charge >= 0.3 is 0 Å². The van der Waals surface area contributed by atoms with Gasteiger partial charge in [0.15, 0.2) is 0 Å². The largest absolute Gasteiger partial charge is 0.338 e. The number of likely N-dealkylation sites (tertiary alicyclic amines) is 1. The summed E-state index contributed by atoms with van der Waals surface area (Å²) in [5, 5.41) is 0. The maximum Gasteiger partial charge on any atom is 0.245 e. The summed E-state index contributed by atoms with van der Waals surface area (Å²) in [6.07, 6.45) is 1.39. The molecule has 1 heterocycles. The van der Waals surface area contributed by atoms with Crippen molar-refractivity contribution in [1.29, 1.82) is 0 Å². The number of hydrogen-bond donors (Lipinski definition) is 0. The van der Waals surface area contributed by atoms with E-state index < -0.39 is 0 Å². The number of benzene rings is 1. The molecule has 0 unspecified atom stereocenters. The fraction of sp³-hybridized carbons (Fsp3) is 0.400. The van der Waals surface area contributed by atoms with Crippen LogP contribution in [0.1, 0.15) is 36.8 Å². The Morgan fingerprint density at radius 1 is 1.35 bits per heavy atom. The fourth-order valence-corrected chi connectivity index (χ4v) is 2.15. The molecule has 1 amide bonds. The Morgan fingerprint density at radius 3 is 2.41 bits per heavy atom. The SMILES string of the molecule is C=CC(=O)N1CC(c2ccc(C(C)C)cc2)C1. The molecule has 0 atom stereocenters. The van der Waals surface area contributed by atoms with Crippen LogP contribution < -0.4 is 0 Å². The van der Waals surface area contributed by atoms with Crippen molar-refractivity contribution in [3.8, 4) is 0 Å². The van der Waals surface area contributed by atoms with Crippen molar-refractivity contribution in [1.82, 2.24) is 4.90 Å². The summed E-state index contributed by atoms with van der Waals surface area (Å²) >= 11 is 0. The van der Waals surface area contributed by atoms with Crippen LogP contribution >= 0.6 is 0 Å². The molecule has 1 aromatic rings. The van der Waals surface area contributed by atoms with Gasteiger partial charge in [-0.15, -0.1) is 0 Å². The fourth-order valence-electron chi connectivity index (χ4n) is 2.15. The molecule has 2 nitrogen and oxygen atoms in total. The number of carbonyl (C=O) groups is 1. The molecule has 2 heteroatoms. The van der Waals surface area contributed by atoms with E-state index in [1.165, 1.54) is 17.2 Å². The van der Waals surface area contributed by atoms with Crippen molar-refractivity contribution in [3.63, 3.8) is 0 Å². The second-order valence-electron chi connectivity index (χ2n) is 4.97. The molecular formula is C15H19NO. The third-order valence-corrected chi connectivity index (χ3v) is 3.44. The molecule has 90 valence electrons. The van der Waals surface area contributed by atoms with Gasteiger partial charge in [0.2, 0.25) is 5.91 Å². The van der Waals surface area contributed by atoms with Gasteiger partial charge in [-0.05, 0) is 23.1 Å². The number of rotatable bonds is 3. The zero-order valence-corrected chi connectivity index (χ0v) is 10.5. The second kappa shape index (κ2) is 4.74. The van der Waals surface area contributed by atoms with E-state index in [0.29, 0.717) is 11.8 Å². The van der Waals surface area contributed by atoms with E-state index in [1.807, 2.05) is 4.90 Å². The topological polar surface area (TPSA) is 20.3 Å². The van der Waals surface area contributed by atoms with Crippen LogP contribution in [0.5, 0.6) is 0 Å². The van der Waals surface area contributed by atoms with E-state index in [9.17, 15) is 4.79 Å². The molecule has 17 heavy (non-hydrogen) atoms. The molecule has 2 rings (SSSR count). The quantitative estimate of drug-likeness (QED) is 0.730. The van der Waals surface area contributed by atoms with Gasteiger partial charge in [-0.25, -0.2) is 0 Å². The number of nitrogens with zero attached hydrogens (tertiary/aromatic N) is 1. The van der Waals surface area contributed by atoms with Crippen molar-refractivity contribution < 1.29 is 4.79 Å². The summed E-state index contributed by atoms with van der Waals surface area (Å²) < 4.78 is 0. The Hall–Kier alpha value is -1.57. The summed E-state index contributed by atoms with van der Waals surface area (Å²) in [6.45, 7) is 9.55. The van der Waals surface area contributed by atoms with Gasteiger partial charge in [-0.1, -0.05) is 44.7 Å². The average molecular weight is 229 g/mol. The summed E-state index contributed by atoms with van der Waals surface area (Å²) in [5.41, 5.74) is 2.70. The Balaban J connectivity index is 1.97. The van der Waals surface area contributed by atoms with Crippen molar-refractivity contribution in [3.05, 3.63) is 48.0 Å². The normalized spacial score (nSPS) is 15.8. The number of amides is 1. The molecule has 0 aromatic heterocycles. The van der Waals surface area contributed by atoms with Crippen LogP contribution in [-0.2, 0) is 4.79 Å². The van der Waals surface area contributed by atoms with E-state index in [4.69, 9.17) is 0 Å². The van der Waals surface area contributed by atoms with E-state index in [2.05, 4.69) is 44.7 Å². The first-order chi connectivity index (χ1) is 8.11. The maximum atomic E-state index is 11.3. The van der Waals surface area contributed by atoms with E-state index >= 15 is 0 Å². The molecule has 0 radical (unpaired) electrons. The number of carbonyl (C=O) groups excluding carboxylic acids is 1. The summed E-state index contributed by atoms with van der Waals surface area (Å²) in [6, 6.07) is 8.77. The zero-order valence-electron chi connectivity index (χ0n) is 10.5. The molecule has 1 aromatic carbocycles. The summed E-state index contributed by atoms with van der Waals surface area (Å²) in [5.74, 6) is 1.12. The second-order valence-corrected chi connectivity index (χ2v) is 4.97. The van der Waals surface area contributed by atoms with Crippen LogP contribution in [0.15, 0.2) is 36.9 Å². The lowest BCUT2D eigenvalue weighted by Crippen LogP contribution is -2.47. The van der Waals surface area contributed by atoms with Gasteiger partial charge in [-0.3, -0.25) is 4.79 Å². The first-order valence-corrected chi connectivity index (χ1v) is 6.13. The highest BCUT2D eigenvalue weighted by Crippen LogP contribution is 2.28. The highest BCUT2D eigenvalue weighted by atomic mass is 16.2. The lowest BCUT2D eigenvalue weighted by molar-refractivity contribution is -0.130. The van der Waals surface area contributed by atoms with Gasteiger partial charge < -0.3 is 4.90 Å². The molecule has 0 saturated carbocycles. The third kappa shape index (κ3) is 2.41. The molecule has 1 aliphatic heterocycles. The Labute approximate surface area is 103 Å². The lowest BCUT2D eigenvalue weighted by Gasteiger charge is -2.39. The van der Waals surface area contributed by atoms with Crippen LogP contribution in [0.4, 0.5) is 0 Å². The third-order valence-electron chi connectivity index (χ3n) is 3.44. The highest BCUT2D eigenvalue weighted by molar-refractivity contribution is 5.87. The smallest absolute Gasteiger partial charge is 0.245 e. The summed E-state index contributed by atoms with van der Waals surface area (Å²) in [7, 11) is 0. The molecule has 0 spiro atoms. The van der Waals surface area contributed by atoms with E-state index in [1.54, 1.807) is 0 Å². The minimum atomic E-state index is 0.0417. The maximum absolute atomic E-state index is 11.3. The van der Waals surface area contributed by atoms with Crippen molar-refractivity contribution in [2.45, 2.75) is 25.7 Å². The Bertz CT molecular complexity index is 413. The molecule has 0 aliphatic carbocycles. The summed E-state index contributed by atoms with van der Waals surface area (Å²) in [4.78, 5) is 13.1. The monoisotopic (exact) mass is 229 g/mol. The minimum Gasteiger partial charge on any atom is -0.338 e. The Morgan fingerprint density at radius 2 is 1.94 bits per heavy atom.